The average molecular weight is 380 g/mol. The second-order valence-electron chi connectivity index (χ2n) is 9.03. The minimum Gasteiger partial charge on any atom is -0.471 e. The van der Waals surface area contributed by atoms with Crippen molar-refractivity contribution in [1.29, 1.82) is 0 Å². The first-order chi connectivity index (χ1) is 12.8. The molecule has 0 N–H and O–H groups in total. The van der Waals surface area contributed by atoms with Crippen molar-refractivity contribution < 1.29 is 22.7 Å². The second-order valence-corrected chi connectivity index (χ2v) is 9.03. The van der Waals surface area contributed by atoms with Crippen molar-refractivity contribution in [3.63, 3.8) is 0 Å². The van der Waals surface area contributed by atoms with E-state index in [1.54, 1.807) is 0 Å². The number of hydrogen-bond acceptors (Lipinski definition) is 3. The third-order valence-electron chi connectivity index (χ3n) is 6.98. The maximum absolute atomic E-state index is 13.2. The largest absolute Gasteiger partial charge is 0.471 e. The van der Waals surface area contributed by atoms with Gasteiger partial charge in [0.2, 0.25) is 11.8 Å². The van der Waals surface area contributed by atoms with E-state index in [-0.39, 0.29) is 23.3 Å². The Hall–Kier alpha value is -1.79. The molecule has 0 aromatic carbocycles. The summed E-state index contributed by atoms with van der Waals surface area (Å²) in [7, 11) is 0. The Kier molecular flexibility index (Phi) is 3.75. The van der Waals surface area contributed by atoms with Crippen LogP contribution in [0.4, 0.5) is 13.2 Å². The zero-order valence-corrected chi connectivity index (χ0v) is 15.0. The molecule has 4 saturated carbocycles. The van der Waals surface area contributed by atoms with E-state index in [0.29, 0.717) is 30.8 Å². The fourth-order valence-electron chi connectivity index (χ4n) is 6.21. The Balaban J connectivity index is 1.21. The van der Waals surface area contributed by atoms with Crippen LogP contribution >= 0.6 is 0 Å². The van der Waals surface area contributed by atoms with Gasteiger partial charge < -0.3 is 9.64 Å². The van der Waals surface area contributed by atoms with E-state index in [0.717, 1.165) is 37.6 Å². The number of carbonyl (C=O) groups excluding carboxylic acids is 1. The molecule has 146 valence electrons. The molecular weight excluding hydrogens is 357 g/mol. The fraction of sp³-hybridized carbons (Fsp3) is 0.700. The highest BCUT2D eigenvalue weighted by Gasteiger charge is 2.56. The first-order valence-corrected chi connectivity index (χ1v) is 9.80. The van der Waals surface area contributed by atoms with Crippen LogP contribution in [0.15, 0.2) is 18.3 Å². The van der Waals surface area contributed by atoms with Crippen LogP contribution in [0.5, 0.6) is 5.88 Å². The van der Waals surface area contributed by atoms with Gasteiger partial charge in [-0.25, -0.2) is 4.98 Å². The number of alkyl halides is 3. The average Bonchev–Trinajstić information content (AvgIpc) is 2.55. The summed E-state index contributed by atoms with van der Waals surface area (Å²) in [5.41, 5.74) is -0.943. The van der Waals surface area contributed by atoms with Gasteiger partial charge >= 0.3 is 6.18 Å². The van der Waals surface area contributed by atoms with Crippen molar-refractivity contribution in [1.82, 2.24) is 9.88 Å². The molecule has 27 heavy (non-hydrogen) atoms. The van der Waals surface area contributed by atoms with E-state index in [1.807, 2.05) is 4.90 Å². The number of pyridine rings is 1. The lowest BCUT2D eigenvalue weighted by molar-refractivity contribution is -0.166. The van der Waals surface area contributed by atoms with Crippen LogP contribution in [0.1, 0.15) is 44.1 Å². The molecule has 5 fully saturated rings. The maximum atomic E-state index is 13.2. The molecule has 4 bridgehead atoms. The van der Waals surface area contributed by atoms with Crippen molar-refractivity contribution in [2.45, 2.75) is 50.8 Å². The van der Waals surface area contributed by atoms with Crippen LogP contribution in [0.2, 0.25) is 0 Å². The first kappa shape index (κ1) is 17.3. The van der Waals surface area contributed by atoms with Crippen LogP contribution in [0.25, 0.3) is 0 Å². The van der Waals surface area contributed by atoms with Gasteiger partial charge in [-0.1, -0.05) is 0 Å². The molecule has 1 aromatic heterocycles. The summed E-state index contributed by atoms with van der Waals surface area (Å²) in [6, 6.07) is 1.85. The van der Waals surface area contributed by atoms with E-state index in [1.165, 1.54) is 19.3 Å². The Labute approximate surface area is 156 Å². The summed E-state index contributed by atoms with van der Waals surface area (Å²) in [6.07, 6.45) is 3.35. The van der Waals surface area contributed by atoms with E-state index < -0.39 is 11.7 Å². The van der Waals surface area contributed by atoms with Crippen LogP contribution in [0.3, 0.4) is 0 Å². The van der Waals surface area contributed by atoms with Gasteiger partial charge in [0.1, 0.15) is 6.10 Å². The number of halogens is 3. The monoisotopic (exact) mass is 380 g/mol. The minimum atomic E-state index is -4.42. The van der Waals surface area contributed by atoms with Gasteiger partial charge in [0.25, 0.3) is 0 Å². The molecular formula is C20H23F3N2O2. The van der Waals surface area contributed by atoms with Crippen molar-refractivity contribution in [3.8, 4) is 5.88 Å². The molecule has 1 aromatic rings. The fourth-order valence-corrected chi connectivity index (χ4v) is 6.21. The zero-order valence-electron chi connectivity index (χ0n) is 15.0. The van der Waals surface area contributed by atoms with Crippen LogP contribution in [-0.2, 0) is 11.0 Å². The van der Waals surface area contributed by atoms with E-state index >= 15 is 0 Å². The number of rotatable bonds is 3. The highest BCUT2D eigenvalue weighted by atomic mass is 19.4. The van der Waals surface area contributed by atoms with Gasteiger partial charge in [0.15, 0.2) is 0 Å². The van der Waals surface area contributed by atoms with Crippen molar-refractivity contribution >= 4 is 5.91 Å². The Morgan fingerprint density at radius 3 is 2.26 bits per heavy atom. The zero-order chi connectivity index (χ0) is 18.8. The lowest BCUT2D eigenvalue weighted by Crippen LogP contribution is -2.62. The third kappa shape index (κ3) is 2.99. The Morgan fingerprint density at radius 2 is 1.70 bits per heavy atom. The molecule has 0 atom stereocenters. The topological polar surface area (TPSA) is 42.4 Å². The predicted molar refractivity (Wildman–Crippen MR) is 90.8 cm³/mol. The van der Waals surface area contributed by atoms with Crippen LogP contribution in [0, 0.1) is 23.2 Å². The summed E-state index contributed by atoms with van der Waals surface area (Å²) < 4.78 is 44.0. The molecule has 1 amide bonds. The van der Waals surface area contributed by atoms with E-state index in [2.05, 4.69) is 4.98 Å². The highest BCUT2D eigenvalue weighted by Crippen LogP contribution is 2.60. The quantitative estimate of drug-likeness (QED) is 0.799. The molecule has 0 spiro atoms. The van der Waals surface area contributed by atoms with E-state index in [9.17, 15) is 18.0 Å². The molecule has 2 heterocycles. The van der Waals surface area contributed by atoms with Crippen molar-refractivity contribution in [2.24, 2.45) is 23.2 Å². The molecule has 0 unspecified atom stereocenters. The normalized spacial score (nSPS) is 35.2. The third-order valence-corrected chi connectivity index (χ3v) is 6.98. The van der Waals surface area contributed by atoms with Gasteiger partial charge in [0.05, 0.1) is 24.1 Å². The molecule has 1 aliphatic heterocycles. The van der Waals surface area contributed by atoms with Crippen LogP contribution in [-0.4, -0.2) is 35.0 Å². The lowest BCUT2D eigenvalue weighted by Gasteiger charge is -2.57. The second kappa shape index (κ2) is 5.85. The number of aromatic nitrogens is 1. The number of ether oxygens (including phenoxy) is 1. The number of likely N-dealkylation sites (tertiary alicyclic amines) is 1. The van der Waals surface area contributed by atoms with Crippen molar-refractivity contribution in [2.75, 3.05) is 13.1 Å². The summed E-state index contributed by atoms with van der Waals surface area (Å²) in [5, 5.41) is 0. The smallest absolute Gasteiger partial charge is 0.416 e. The Bertz CT molecular complexity index is 723. The van der Waals surface area contributed by atoms with E-state index in [4.69, 9.17) is 4.74 Å². The SMILES string of the molecule is O=C(N1CC(Oc2cc(C(F)(F)F)ccn2)C1)C12CC3CC(CC(C3)C1)C2. The number of hydrogen-bond donors (Lipinski definition) is 0. The highest BCUT2D eigenvalue weighted by molar-refractivity contribution is 5.84. The van der Waals surface area contributed by atoms with Gasteiger partial charge in [-0.2, -0.15) is 13.2 Å². The molecule has 5 aliphatic rings. The number of amides is 1. The molecule has 1 saturated heterocycles. The molecule has 7 heteroatoms. The van der Waals surface area contributed by atoms with Gasteiger partial charge in [-0.05, 0) is 62.3 Å². The predicted octanol–water partition coefficient (Wildman–Crippen LogP) is 3.91. The summed E-state index contributed by atoms with van der Waals surface area (Å²) in [4.78, 5) is 18.9. The van der Waals surface area contributed by atoms with Crippen molar-refractivity contribution in [3.05, 3.63) is 23.9 Å². The van der Waals surface area contributed by atoms with Gasteiger partial charge in [-0.15, -0.1) is 0 Å². The van der Waals surface area contributed by atoms with Crippen LogP contribution < -0.4 is 4.74 Å². The lowest BCUT2D eigenvalue weighted by atomic mass is 9.49. The molecule has 4 aliphatic carbocycles. The number of carbonyl (C=O) groups is 1. The summed E-state index contributed by atoms with van der Waals surface area (Å²) in [5.74, 6) is 2.35. The summed E-state index contributed by atoms with van der Waals surface area (Å²) >= 11 is 0. The maximum Gasteiger partial charge on any atom is 0.416 e. The Morgan fingerprint density at radius 1 is 1.11 bits per heavy atom. The molecule has 6 rings (SSSR count). The first-order valence-electron chi connectivity index (χ1n) is 9.80. The summed E-state index contributed by atoms with van der Waals surface area (Å²) in [6.45, 7) is 0.886. The standard InChI is InChI=1S/C20H23F3N2O2/c21-20(22,23)15-1-2-24-17(6-15)27-16-10-25(11-16)18(26)19-7-12-3-13(8-19)5-14(4-12)9-19/h1-2,6,12-14,16H,3-5,7-11H2. The molecule has 4 nitrogen and oxygen atoms in total. The van der Waals surface area contributed by atoms with Gasteiger partial charge in [0, 0.05) is 12.3 Å². The minimum absolute atomic E-state index is 0.0308. The van der Waals surface area contributed by atoms with Gasteiger partial charge in [-0.3, -0.25) is 4.79 Å². The number of nitrogens with zero attached hydrogens (tertiary/aromatic N) is 2. The molecule has 0 radical (unpaired) electrons.